The fourth-order valence-electron chi connectivity index (χ4n) is 1.40. The Morgan fingerprint density at radius 1 is 1.33 bits per heavy atom. The summed E-state index contributed by atoms with van der Waals surface area (Å²) < 4.78 is 0. The highest BCUT2D eigenvalue weighted by atomic mass is 35.5. The Balaban J connectivity index is 2.48. The van der Waals surface area contributed by atoms with Gasteiger partial charge in [-0.05, 0) is 12.1 Å². The SMILES string of the molecule is [C-]#[N+]C1(c2ccccc2Cl)CC1. The summed E-state index contributed by atoms with van der Waals surface area (Å²) in [6, 6.07) is 7.63. The van der Waals surface area contributed by atoms with Gasteiger partial charge in [0.25, 0.3) is 5.54 Å². The Kier molecular flexibility index (Phi) is 1.59. The molecule has 0 aliphatic heterocycles. The lowest BCUT2D eigenvalue weighted by Gasteiger charge is -2.03. The van der Waals surface area contributed by atoms with Crippen molar-refractivity contribution in [1.82, 2.24) is 0 Å². The first-order valence-corrected chi connectivity index (χ1v) is 4.30. The number of benzene rings is 1. The summed E-state index contributed by atoms with van der Waals surface area (Å²) in [5.41, 5.74) is 0.736. The molecule has 1 fully saturated rings. The third-order valence-electron chi connectivity index (χ3n) is 2.31. The average Bonchev–Trinajstić information content (AvgIpc) is 2.86. The normalized spacial score (nSPS) is 18.3. The summed E-state index contributed by atoms with van der Waals surface area (Å²) in [5.74, 6) is 0. The Hall–Kier alpha value is -1.00. The molecule has 0 aromatic heterocycles. The number of hydrogen-bond donors (Lipinski definition) is 0. The molecule has 1 nitrogen and oxygen atoms in total. The molecule has 0 unspecified atom stereocenters. The molecule has 1 aliphatic carbocycles. The van der Waals surface area contributed by atoms with Crippen LogP contribution in [0.3, 0.4) is 0 Å². The van der Waals surface area contributed by atoms with Crippen molar-refractivity contribution in [2.75, 3.05) is 0 Å². The van der Waals surface area contributed by atoms with E-state index in [2.05, 4.69) is 4.85 Å². The van der Waals surface area contributed by atoms with Crippen molar-refractivity contribution < 1.29 is 0 Å². The van der Waals surface area contributed by atoms with Crippen molar-refractivity contribution in [3.8, 4) is 0 Å². The Bertz CT molecular complexity index is 347. The zero-order chi connectivity index (χ0) is 8.60. The van der Waals surface area contributed by atoms with E-state index in [1.54, 1.807) is 0 Å². The maximum absolute atomic E-state index is 7.07. The highest BCUT2D eigenvalue weighted by Crippen LogP contribution is 2.51. The lowest BCUT2D eigenvalue weighted by molar-refractivity contribution is 0.885. The molecule has 0 N–H and O–H groups in total. The van der Waals surface area contributed by atoms with Crippen molar-refractivity contribution in [2.45, 2.75) is 18.4 Å². The highest BCUT2D eigenvalue weighted by Gasteiger charge is 2.53. The molecule has 0 atom stereocenters. The van der Waals surface area contributed by atoms with Gasteiger partial charge in [-0.2, -0.15) is 0 Å². The summed E-state index contributed by atoms with van der Waals surface area (Å²) in [4.78, 5) is 3.63. The summed E-state index contributed by atoms with van der Waals surface area (Å²) in [6.07, 6.45) is 1.92. The van der Waals surface area contributed by atoms with Crippen LogP contribution < -0.4 is 0 Å². The predicted molar refractivity (Wildman–Crippen MR) is 49.0 cm³/mol. The molecule has 1 aliphatic rings. The van der Waals surface area contributed by atoms with Gasteiger partial charge >= 0.3 is 0 Å². The molecule has 60 valence electrons. The number of rotatable bonds is 1. The molecule has 12 heavy (non-hydrogen) atoms. The number of nitrogens with zero attached hydrogens (tertiary/aromatic N) is 1. The van der Waals surface area contributed by atoms with Crippen molar-refractivity contribution in [2.24, 2.45) is 0 Å². The smallest absolute Gasteiger partial charge is 0.259 e. The molecule has 0 radical (unpaired) electrons. The van der Waals surface area contributed by atoms with Gasteiger partial charge in [0.05, 0.1) is 10.6 Å². The fourth-order valence-corrected chi connectivity index (χ4v) is 1.71. The molecule has 0 spiro atoms. The minimum Gasteiger partial charge on any atom is -0.305 e. The van der Waals surface area contributed by atoms with Crippen LogP contribution in [0.4, 0.5) is 0 Å². The van der Waals surface area contributed by atoms with Crippen LogP contribution in [-0.2, 0) is 5.54 Å². The molecule has 2 rings (SSSR count). The van der Waals surface area contributed by atoms with Crippen LogP contribution in [0.25, 0.3) is 4.85 Å². The molecular formula is C10H8ClN. The van der Waals surface area contributed by atoms with E-state index >= 15 is 0 Å². The second kappa shape index (κ2) is 2.50. The maximum atomic E-state index is 7.07. The zero-order valence-corrected chi connectivity index (χ0v) is 7.30. The second-order valence-corrected chi connectivity index (χ2v) is 3.53. The quantitative estimate of drug-likeness (QED) is 0.580. The highest BCUT2D eigenvalue weighted by molar-refractivity contribution is 6.31. The van der Waals surface area contributed by atoms with Crippen molar-refractivity contribution in [3.63, 3.8) is 0 Å². The van der Waals surface area contributed by atoms with Gasteiger partial charge in [-0.25, -0.2) is 6.57 Å². The molecule has 1 aromatic rings. The monoisotopic (exact) mass is 177 g/mol. The number of halogens is 1. The summed E-state index contributed by atoms with van der Waals surface area (Å²) in [5, 5.41) is 0.728. The second-order valence-electron chi connectivity index (χ2n) is 3.12. The first-order chi connectivity index (χ1) is 5.78. The van der Waals surface area contributed by atoms with Gasteiger partial charge in [0.2, 0.25) is 0 Å². The minimum absolute atomic E-state index is 0.266. The van der Waals surface area contributed by atoms with Crippen LogP contribution in [0.2, 0.25) is 5.02 Å². The van der Waals surface area contributed by atoms with Crippen molar-refractivity contribution >= 4 is 11.6 Å². The fraction of sp³-hybridized carbons (Fsp3) is 0.300. The van der Waals surface area contributed by atoms with Gasteiger partial charge in [0.1, 0.15) is 0 Å². The van der Waals surface area contributed by atoms with Gasteiger partial charge in [0, 0.05) is 12.8 Å². The summed E-state index contributed by atoms with van der Waals surface area (Å²) in [7, 11) is 0. The van der Waals surface area contributed by atoms with E-state index in [1.165, 1.54) is 0 Å². The molecule has 0 saturated heterocycles. The number of hydrogen-bond acceptors (Lipinski definition) is 0. The molecule has 0 heterocycles. The summed E-state index contributed by atoms with van der Waals surface area (Å²) >= 11 is 5.98. The lowest BCUT2D eigenvalue weighted by Crippen LogP contribution is -1.99. The maximum Gasteiger partial charge on any atom is 0.259 e. The first-order valence-electron chi connectivity index (χ1n) is 3.92. The predicted octanol–water partition coefficient (Wildman–Crippen LogP) is 3.25. The Labute approximate surface area is 76.8 Å². The first kappa shape index (κ1) is 7.64. The van der Waals surface area contributed by atoms with E-state index in [4.69, 9.17) is 18.2 Å². The van der Waals surface area contributed by atoms with E-state index in [0.29, 0.717) is 0 Å². The van der Waals surface area contributed by atoms with Gasteiger partial charge in [-0.15, -0.1) is 0 Å². The van der Waals surface area contributed by atoms with Crippen molar-refractivity contribution in [1.29, 1.82) is 0 Å². The van der Waals surface area contributed by atoms with Gasteiger partial charge < -0.3 is 4.85 Å². The van der Waals surface area contributed by atoms with E-state index < -0.39 is 0 Å². The van der Waals surface area contributed by atoms with Gasteiger partial charge in [-0.1, -0.05) is 23.7 Å². The van der Waals surface area contributed by atoms with E-state index in [9.17, 15) is 0 Å². The third-order valence-corrected chi connectivity index (χ3v) is 2.64. The molecule has 2 heteroatoms. The lowest BCUT2D eigenvalue weighted by atomic mass is 10.1. The van der Waals surface area contributed by atoms with Crippen LogP contribution in [0.15, 0.2) is 24.3 Å². The summed E-state index contributed by atoms with van der Waals surface area (Å²) in [6.45, 7) is 7.07. The largest absolute Gasteiger partial charge is 0.305 e. The van der Waals surface area contributed by atoms with E-state index in [1.807, 2.05) is 24.3 Å². The van der Waals surface area contributed by atoms with Crippen LogP contribution in [0.1, 0.15) is 18.4 Å². The Morgan fingerprint density at radius 3 is 2.50 bits per heavy atom. The van der Waals surface area contributed by atoms with Crippen LogP contribution >= 0.6 is 11.6 Å². The minimum atomic E-state index is -0.266. The topological polar surface area (TPSA) is 4.36 Å². The van der Waals surface area contributed by atoms with Crippen LogP contribution in [0.5, 0.6) is 0 Å². The standard InChI is InChI=1S/C10H8ClN/c1-12-10(6-7-10)8-4-2-3-5-9(8)11/h2-5H,6-7H2. The van der Waals surface area contributed by atoms with Crippen LogP contribution in [-0.4, -0.2) is 0 Å². The average molecular weight is 178 g/mol. The molecule has 1 saturated carbocycles. The van der Waals surface area contributed by atoms with Crippen molar-refractivity contribution in [3.05, 3.63) is 46.3 Å². The van der Waals surface area contributed by atoms with Gasteiger partial charge in [-0.3, -0.25) is 0 Å². The molecule has 1 aromatic carbocycles. The molecular weight excluding hydrogens is 170 g/mol. The van der Waals surface area contributed by atoms with E-state index in [0.717, 1.165) is 23.4 Å². The molecule has 0 amide bonds. The zero-order valence-electron chi connectivity index (χ0n) is 6.55. The molecule has 0 bridgehead atoms. The van der Waals surface area contributed by atoms with E-state index in [-0.39, 0.29) is 5.54 Å². The van der Waals surface area contributed by atoms with Gasteiger partial charge in [0.15, 0.2) is 0 Å². The van der Waals surface area contributed by atoms with Crippen LogP contribution in [0, 0.1) is 6.57 Å². The third kappa shape index (κ3) is 1.00. The Morgan fingerprint density at radius 2 is 2.00 bits per heavy atom.